The summed E-state index contributed by atoms with van der Waals surface area (Å²) in [5.41, 5.74) is 1.79. The van der Waals surface area contributed by atoms with E-state index in [4.69, 9.17) is 16.6 Å². The Morgan fingerprint density at radius 2 is 1.68 bits per heavy atom. The second-order valence-electron chi connectivity index (χ2n) is 9.31. The minimum atomic E-state index is -3.56. The molecule has 182 valence electrons. The first kappa shape index (κ1) is 24.7. The number of para-hydroxylation sites is 1. The van der Waals surface area contributed by atoms with Crippen molar-refractivity contribution in [3.05, 3.63) is 53.1 Å². The van der Waals surface area contributed by atoms with Gasteiger partial charge in [0.2, 0.25) is 16.0 Å². The number of hydrogen-bond donors (Lipinski definition) is 2. The summed E-state index contributed by atoms with van der Waals surface area (Å²) < 4.78 is 28.0. The molecule has 2 aromatic carbocycles. The Balaban J connectivity index is 1.29. The summed E-state index contributed by atoms with van der Waals surface area (Å²) in [5, 5.41) is 4.93. The number of halogens is 1. The largest absolute Gasteiger partial charge is 0.362 e. The summed E-state index contributed by atoms with van der Waals surface area (Å²) in [6.07, 6.45) is 4.07. The maximum Gasteiger partial charge on any atom is 0.240 e. The highest BCUT2D eigenvalue weighted by Gasteiger charge is 2.24. The summed E-state index contributed by atoms with van der Waals surface area (Å²) in [5.74, 6) is 2.40. The Labute approximate surface area is 207 Å². The van der Waals surface area contributed by atoms with E-state index < -0.39 is 10.0 Å². The van der Waals surface area contributed by atoms with Crippen LogP contribution in [0, 0.1) is 18.8 Å². The maximum atomic E-state index is 12.6. The van der Waals surface area contributed by atoms with E-state index in [1.165, 1.54) is 6.07 Å². The molecule has 0 atom stereocenters. The van der Waals surface area contributed by atoms with Crippen molar-refractivity contribution in [2.24, 2.45) is 11.8 Å². The smallest absolute Gasteiger partial charge is 0.240 e. The van der Waals surface area contributed by atoms with Crippen LogP contribution in [0.3, 0.4) is 0 Å². The zero-order chi connectivity index (χ0) is 24.3. The normalized spacial score (nSPS) is 18.7. The van der Waals surface area contributed by atoms with E-state index in [2.05, 4.69) is 15.0 Å². The predicted molar refractivity (Wildman–Crippen MR) is 139 cm³/mol. The molecule has 4 rings (SSSR count). The lowest BCUT2D eigenvalue weighted by Crippen LogP contribution is -2.32. The SMILES string of the molecule is Cc1ccc(S(=O)(=O)NC[C@H]2CC[C@H](CNc3nc(N(C)C)c4ccccc4n3)CC2)cc1Cl. The van der Waals surface area contributed by atoms with Crippen molar-refractivity contribution in [2.75, 3.05) is 37.4 Å². The highest BCUT2D eigenvalue weighted by atomic mass is 35.5. The molecule has 1 aromatic heterocycles. The second kappa shape index (κ2) is 10.5. The number of fused-ring (bicyclic) bond motifs is 1. The standard InChI is InChI=1S/C25H32ClN5O2S/c1-17-8-13-20(14-22(17)26)34(32,33)28-16-19-11-9-18(10-12-19)15-27-25-29-23-7-5-4-6-21(23)24(30-25)31(2)3/h4-8,13-14,18-19,28H,9-12,15-16H2,1-3H3,(H,27,29,30)/t18-,19-. The third-order valence-corrected chi connectivity index (χ3v) is 8.37. The Hall–Kier alpha value is -2.42. The number of sulfonamides is 1. The van der Waals surface area contributed by atoms with Crippen molar-refractivity contribution in [3.63, 3.8) is 0 Å². The quantitative estimate of drug-likeness (QED) is 0.458. The summed E-state index contributed by atoms with van der Waals surface area (Å²) >= 11 is 6.10. The molecule has 1 saturated carbocycles. The molecule has 0 spiro atoms. The molecule has 0 aliphatic heterocycles. The molecule has 0 amide bonds. The van der Waals surface area contributed by atoms with Crippen molar-refractivity contribution in [2.45, 2.75) is 37.5 Å². The van der Waals surface area contributed by atoms with E-state index in [9.17, 15) is 8.42 Å². The number of anilines is 2. The molecule has 9 heteroatoms. The van der Waals surface area contributed by atoms with Gasteiger partial charge in [-0.15, -0.1) is 0 Å². The van der Waals surface area contributed by atoms with Crippen LogP contribution in [0.15, 0.2) is 47.4 Å². The molecule has 7 nitrogen and oxygen atoms in total. The number of nitrogens with zero attached hydrogens (tertiary/aromatic N) is 3. The van der Waals surface area contributed by atoms with Crippen LogP contribution < -0.4 is 14.9 Å². The first-order valence-corrected chi connectivity index (χ1v) is 13.5. The number of benzene rings is 2. The van der Waals surface area contributed by atoms with Gasteiger partial charge < -0.3 is 10.2 Å². The van der Waals surface area contributed by atoms with E-state index in [0.29, 0.717) is 29.4 Å². The van der Waals surface area contributed by atoms with Crippen LogP contribution in [0.4, 0.5) is 11.8 Å². The Kier molecular flexibility index (Phi) is 7.60. The lowest BCUT2D eigenvalue weighted by molar-refractivity contribution is 0.284. The molecule has 0 radical (unpaired) electrons. The molecule has 0 saturated heterocycles. The van der Waals surface area contributed by atoms with Gasteiger partial charge in [-0.3, -0.25) is 0 Å². The fraction of sp³-hybridized carbons (Fsp3) is 0.440. The Morgan fingerprint density at radius 3 is 2.35 bits per heavy atom. The van der Waals surface area contributed by atoms with Gasteiger partial charge in [0, 0.05) is 37.6 Å². The van der Waals surface area contributed by atoms with Crippen LogP contribution in [0.5, 0.6) is 0 Å². The lowest BCUT2D eigenvalue weighted by Gasteiger charge is -2.28. The van der Waals surface area contributed by atoms with E-state index in [1.54, 1.807) is 12.1 Å². The predicted octanol–water partition coefficient (Wildman–Crippen LogP) is 4.85. The van der Waals surface area contributed by atoms with Crippen molar-refractivity contribution >= 4 is 44.3 Å². The van der Waals surface area contributed by atoms with Crippen molar-refractivity contribution in [1.29, 1.82) is 0 Å². The number of nitrogens with one attached hydrogen (secondary N) is 2. The number of hydrogen-bond acceptors (Lipinski definition) is 6. The summed E-state index contributed by atoms with van der Waals surface area (Å²) in [7, 11) is 0.420. The average molecular weight is 502 g/mol. The van der Waals surface area contributed by atoms with Gasteiger partial charge in [0.15, 0.2) is 0 Å². The van der Waals surface area contributed by atoms with Gasteiger partial charge in [0.25, 0.3) is 0 Å². The first-order valence-electron chi connectivity index (χ1n) is 11.7. The van der Waals surface area contributed by atoms with E-state index >= 15 is 0 Å². The van der Waals surface area contributed by atoms with Crippen molar-refractivity contribution in [1.82, 2.24) is 14.7 Å². The minimum Gasteiger partial charge on any atom is -0.362 e. The molecule has 34 heavy (non-hydrogen) atoms. The fourth-order valence-corrected chi connectivity index (χ4v) is 5.79. The fourth-order valence-electron chi connectivity index (χ4n) is 4.41. The van der Waals surface area contributed by atoms with Crippen molar-refractivity contribution < 1.29 is 8.42 Å². The van der Waals surface area contributed by atoms with Crippen LogP contribution >= 0.6 is 11.6 Å². The highest BCUT2D eigenvalue weighted by Crippen LogP contribution is 2.30. The van der Waals surface area contributed by atoms with Gasteiger partial charge in [-0.25, -0.2) is 18.1 Å². The molecule has 1 aliphatic rings. The topological polar surface area (TPSA) is 87.2 Å². The Morgan fingerprint density at radius 1 is 1.00 bits per heavy atom. The molecule has 0 unspecified atom stereocenters. The zero-order valence-corrected chi connectivity index (χ0v) is 21.5. The molecule has 1 heterocycles. The van der Waals surface area contributed by atoms with Gasteiger partial charge >= 0.3 is 0 Å². The summed E-state index contributed by atoms with van der Waals surface area (Å²) in [6.45, 7) is 3.12. The number of aryl methyl sites for hydroxylation is 1. The zero-order valence-electron chi connectivity index (χ0n) is 19.9. The summed E-state index contributed by atoms with van der Waals surface area (Å²) in [4.78, 5) is 11.6. The highest BCUT2D eigenvalue weighted by molar-refractivity contribution is 7.89. The molecule has 0 bridgehead atoms. The van der Waals surface area contributed by atoms with E-state index in [1.807, 2.05) is 50.2 Å². The monoisotopic (exact) mass is 501 g/mol. The van der Waals surface area contributed by atoms with Crippen molar-refractivity contribution in [3.8, 4) is 0 Å². The molecular formula is C25H32ClN5O2S. The summed E-state index contributed by atoms with van der Waals surface area (Å²) in [6, 6.07) is 12.9. The minimum absolute atomic E-state index is 0.216. The van der Waals surface area contributed by atoms with Gasteiger partial charge in [-0.1, -0.05) is 29.8 Å². The second-order valence-corrected chi connectivity index (χ2v) is 11.5. The van der Waals surface area contributed by atoms with Crippen LogP contribution in [0.2, 0.25) is 5.02 Å². The Bertz CT molecular complexity index is 1260. The molecule has 3 aromatic rings. The molecule has 2 N–H and O–H groups in total. The van der Waals surface area contributed by atoms with Gasteiger partial charge in [-0.05, 0) is 74.3 Å². The van der Waals surface area contributed by atoms with Crippen LogP contribution in [0.25, 0.3) is 10.9 Å². The molecular weight excluding hydrogens is 470 g/mol. The third-order valence-electron chi connectivity index (χ3n) is 6.54. The van der Waals surface area contributed by atoms with Crippen LogP contribution in [0.1, 0.15) is 31.2 Å². The lowest BCUT2D eigenvalue weighted by atomic mass is 9.82. The van der Waals surface area contributed by atoms with Crippen LogP contribution in [-0.4, -0.2) is 45.6 Å². The average Bonchev–Trinajstić information content (AvgIpc) is 2.83. The number of rotatable bonds is 8. The van der Waals surface area contributed by atoms with Gasteiger partial charge in [-0.2, -0.15) is 4.98 Å². The molecule has 1 fully saturated rings. The van der Waals surface area contributed by atoms with Gasteiger partial charge in [0.1, 0.15) is 5.82 Å². The van der Waals surface area contributed by atoms with E-state index in [-0.39, 0.29) is 4.90 Å². The van der Waals surface area contributed by atoms with Gasteiger partial charge in [0.05, 0.1) is 10.4 Å². The van der Waals surface area contributed by atoms with E-state index in [0.717, 1.165) is 54.5 Å². The first-order chi connectivity index (χ1) is 16.2. The maximum absolute atomic E-state index is 12.6. The third kappa shape index (κ3) is 5.79. The number of aromatic nitrogens is 2. The van der Waals surface area contributed by atoms with Crippen LogP contribution in [-0.2, 0) is 10.0 Å². The molecule has 1 aliphatic carbocycles.